The molecule has 3 N–H and O–H groups in total. The van der Waals surface area contributed by atoms with Gasteiger partial charge in [0.1, 0.15) is 29.7 Å². The highest BCUT2D eigenvalue weighted by atomic mass is 16.6. The number of aromatic amines is 1. The molecule has 0 saturated carbocycles. The van der Waals surface area contributed by atoms with Gasteiger partial charge in [0.25, 0.3) is 5.69 Å². The number of nitro benzene ring substituents is 1. The van der Waals surface area contributed by atoms with Crippen LogP contribution in [0.25, 0.3) is 0 Å². The molecule has 4 rings (SSSR count). The second kappa shape index (κ2) is 8.55. The molecule has 0 aliphatic carbocycles. The van der Waals surface area contributed by atoms with Crippen LogP contribution in [-0.2, 0) is 6.61 Å². The molecule has 1 atom stereocenters. The highest BCUT2D eigenvalue weighted by Crippen LogP contribution is 2.43. The van der Waals surface area contributed by atoms with Crippen molar-refractivity contribution in [1.82, 2.24) is 10.2 Å². The zero-order chi connectivity index (χ0) is 23.7. The third-order valence-electron chi connectivity index (χ3n) is 5.53. The van der Waals surface area contributed by atoms with Crippen molar-refractivity contribution in [3.63, 3.8) is 0 Å². The number of hydrogen-bond donors (Lipinski definition) is 2. The minimum Gasteiger partial charge on any atom is -0.496 e. The van der Waals surface area contributed by atoms with Crippen molar-refractivity contribution >= 4 is 5.69 Å². The van der Waals surface area contributed by atoms with Crippen LogP contribution in [0.15, 0.2) is 47.9 Å². The molecule has 1 aromatic heterocycles. The van der Waals surface area contributed by atoms with E-state index in [9.17, 15) is 15.4 Å². The molecule has 1 aliphatic heterocycles. The van der Waals surface area contributed by atoms with Gasteiger partial charge in [0.2, 0.25) is 11.8 Å². The number of fused-ring (bicyclic) bond motifs is 1. The van der Waals surface area contributed by atoms with E-state index in [1.165, 1.54) is 6.07 Å². The molecular formula is C23H21N5O5. The Kier molecular flexibility index (Phi) is 5.62. The lowest BCUT2D eigenvalue weighted by Gasteiger charge is -2.24. The predicted molar refractivity (Wildman–Crippen MR) is 118 cm³/mol. The quantitative estimate of drug-likeness (QED) is 0.429. The van der Waals surface area contributed by atoms with Gasteiger partial charge in [0.05, 0.1) is 18.0 Å². The van der Waals surface area contributed by atoms with Crippen LogP contribution in [0.2, 0.25) is 0 Å². The molecule has 2 heterocycles. The number of nitrogens with two attached hydrogens (primary N) is 1. The summed E-state index contributed by atoms with van der Waals surface area (Å²) in [5.41, 5.74) is 9.85. The molecule has 3 aromatic rings. The number of nitro groups is 1. The Labute approximate surface area is 189 Å². The van der Waals surface area contributed by atoms with Crippen LogP contribution >= 0.6 is 0 Å². The number of aromatic nitrogens is 2. The first-order chi connectivity index (χ1) is 15.8. The third kappa shape index (κ3) is 3.92. The van der Waals surface area contributed by atoms with Gasteiger partial charge in [-0.2, -0.15) is 5.26 Å². The number of nitrogens with zero attached hydrogens (tertiary/aromatic N) is 3. The first-order valence-corrected chi connectivity index (χ1v) is 10.0. The number of rotatable bonds is 6. The van der Waals surface area contributed by atoms with E-state index >= 15 is 0 Å². The Morgan fingerprint density at radius 1 is 1.30 bits per heavy atom. The number of ether oxygens (including phenoxy) is 3. The molecule has 0 bridgehead atoms. The summed E-state index contributed by atoms with van der Waals surface area (Å²) in [7, 11) is 1.56. The summed E-state index contributed by atoms with van der Waals surface area (Å²) >= 11 is 0. The van der Waals surface area contributed by atoms with Crippen LogP contribution in [0, 0.1) is 35.3 Å². The lowest BCUT2D eigenvalue weighted by molar-refractivity contribution is -0.385. The van der Waals surface area contributed by atoms with Crippen molar-refractivity contribution in [1.29, 1.82) is 5.26 Å². The van der Waals surface area contributed by atoms with Crippen molar-refractivity contribution in [2.75, 3.05) is 7.11 Å². The van der Waals surface area contributed by atoms with Gasteiger partial charge in [-0.1, -0.05) is 6.07 Å². The van der Waals surface area contributed by atoms with Crippen molar-refractivity contribution in [3.05, 3.63) is 85.9 Å². The van der Waals surface area contributed by atoms with Gasteiger partial charge in [0.15, 0.2) is 0 Å². The highest BCUT2D eigenvalue weighted by molar-refractivity contribution is 5.56. The Balaban J connectivity index is 1.69. The first-order valence-electron chi connectivity index (χ1n) is 10.0. The van der Waals surface area contributed by atoms with E-state index in [0.29, 0.717) is 22.9 Å². The summed E-state index contributed by atoms with van der Waals surface area (Å²) in [6.07, 6.45) is 0. The zero-order valence-corrected chi connectivity index (χ0v) is 18.2. The van der Waals surface area contributed by atoms with Crippen molar-refractivity contribution in [2.24, 2.45) is 5.73 Å². The number of nitriles is 1. The van der Waals surface area contributed by atoms with E-state index in [1.807, 2.05) is 19.1 Å². The largest absolute Gasteiger partial charge is 0.496 e. The van der Waals surface area contributed by atoms with Gasteiger partial charge >= 0.3 is 0 Å². The van der Waals surface area contributed by atoms with E-state index in [1.54, 1.807) is 32.2 Å². The topological polar surface area (TPSA) is 149 Å². The number of hydrogen-bond acceptors (Lipinski definition) is 8. The van der Waals surface area contributed by atoms with Gasteiger partial charge in [-0.05, 0) is 43.7 Å². The Bertz CT molecular complexity index is 1320. The van der Waals surface area contributed by atoms with E-state index in [2.05, 4.69) is 16.3 Å². The minimum atomic E-state index is -0.469. The Hall–Kier alpha value is -4.52. The second-order valence-electron chi connectivity index (χ2n) is 7.56. The maximum Gasteiger partial charge on any atom is 0.272 e. The first kappa shape index (κ1) is 21.7. The number of benzene rings is 2. The fourth-order valence-corrected chi connectivity index (χ4v) is 3.91. The van der Waals surface area contributed by atoms with Crippen LogP contribution in [0.4, 0.5) is 5.69 Å². The van der Waals surface area contributed by atoms with Crippen LogP contribution in [0.5, 0.6) is 17.4 Å². The average Bonchev–Trinajstić information content (AvgIpc) is 3.16. The van der Waals surface area contributed by atoms with Crippen molar-refractivity contribution in [3.8, 4) is 23.4 Å². The molecule has 0 fully saturated rings. The minimum absolute atomic E-state index is 0.0106. The molecule has 0 amide bonds. The van der Waals surface area contributed by atoms with E-state index in [0.717, 1.165) is 22.4 Å². The molecule has 33 heavy (non-hydrogen) atoms. The van der Waals surface area contributed by atoms with Crippen LogP contribution in [0.1, 0.15) is 33.9 Å². The fourth-order valence-electron chi connectivity index (χ4n) is 3.91. The van der Waals surface area contributed by atoms with Gasteiger partial charge in [-0.25, -0.2) is 0 Å². The summed E-state index contributed by atoms with van der Waals surface area (Å²) in [6, 6.07) is 12.3. The zero-order valence-electron chi connectivity index (χ0n) is 18.2. The molecular weight excluding hydrogens is 426 g/mol. The maximum atomic E-state index is 11.0. The molecule has 168 valence electrons. The number of methoxy groups -OCH3 is 1. The summed E-state index contributed by atoms with van der Waals surface area (Å²) in [4.78, 5) is 10.6. The van der Waals surface area contributed by atoms with E-state index in [4.69, 9.17) is 19.9 Å². The summed E-state index contributed by atoms with van der Waals surface area (Å²) in [5.74, 6) is 0.972. The van der Waals surface area contributed by atoms with Crippen molar-refractivity contribution in [2.45, 2.75) is 26.4 Å². The molecule has 10 heteroatoms. The van der Waals surface area contributed by atoms with E-state index in [-0.39, 0.29) is 23.8 Å². The summed E-state index contributed by atoms with van der Waals surface area (Å²) in [6.45, 7) is 3.65. The molecule has 2 aromatic carbocycles. The molecule has 0 spiro atoms. The molecule has 10 nitrogen and oxygen atoms in total. The lowest BCUT2D eigenvalue weighted by atomic mass is 9.83. The Morgan fingerprint density at radius 2 is 2.09 bits per heavy atom. The molecule has 0 radical (unpaired) electrons. The standard InChI is InChI=1S/C23H21N5O5/c1-12-8-16(5-6-18(12)28(29)30)32-11-15-9-14(4-7-19(15)31-3)21-17(10-24)22(25)33-23-20(21)13(2)26-27-23/h4-9,21H,11,25H2,1-3H3,(H,26,27). The van der Waals surface area contributed by atoms with Crippen molar-refractivity contribution < 1.29 is 19.1 Å². The smallest absolute Gasteiger partial charge is 0.272 e. The van der Waals surface area contributed by atoms with Gasteiger partial charge in [-0.3, -0.25) is 15.2 Å². The molecule has 1 unspecified atom stereocenters. The van der Waals surface area contributed by atoms with Gasteiger partial charge in [-0.15, -0.1) is 5.10 Å². The summed E-state index contributed by atoms with van der Waals surface area (Å²) in [5, 5.41) is 27.8. The molecule has 1 aliphatic rings. The normalized spacial score (nSPS) is 14.8. The Morgan fingerprint density at radius 3 is 2.76 bits per heavy atom. The third-order valence-corrected chi connectivity index (χ3v) is 5.53. The van der Waals surface area contributed by atoms with E-state index < -0.39 is 10.8 Å². The van der Waals surface area contributed by atoms with Gasteiger partial charge in [0, 0.05) is 28.5 Å². The number of H-pyrrole nitrogens is 1. The maximum absolute atomic E-state index is 11.0. The highest BCUT2D eigenvalue weighted by Gasteiger charge is 2.34. The van der Waals surface area contributed by atoms with Gasteiger partial charge < -0.3 is 19.9 Å². The average molecular weight is 447 g/mol. The predicted octanol–water partition coefficient (Wildman–Crippen LogP) is 3.74. The number of aryl methyl sites for hydroxylation is 2. The fraction of sp³-hybridized carbons (Fsp3) is 0.217. The van der Waals surface area contributed by atoms with Crippen LogP contribution in [-0.4, -0.2) is 22.2 Å². The number of allylic oxidation sites excluding steroid dienone is 1. The van der Waals surface area contributed by atoms with Crippen LogP contribution < -0.4 is 19.9 Å². The SMILES string of the molecule is COc1ccc(C2C(C#N)=C(N)Oc3n[nH]c(C)c32)cc1COc1ccc([N+](=O)[O-])c(C)c1. The lowest BCUT2D eigenvalue weighted by Crippen LogP contribution is -2.21. The monoisotopic (exact) mass is 447 g/mol. The summed E-state index contributed by atoms with van der Waals surface area (Å²) < 4.78 is 16.9. The molecule has 0 saturated heterocycles. The van der Waals surface area contributed by atoms with Crippen LogP contribution in [0.3, 0.4) is 0 Å². The number of nitrogens with one attached hydrogen (secondary N) is 1. The second-order valence-corrected chi connectivity index (χ2v) is 7.56.